The summed E-state index contributed by atoms with van der Waals surface area (Å²) in [5.41, 5.74) is 9.79. The van der Waals surface area contributed by atoms with Crippen LogP contribution in [-0.4, -0.2) is 54.9 Å². The van der Waals surface area contributed by atoms with Crippen LogP contribution in [0.25, 0.3) is 33.4 Å². The molecule has 0 amide bonds. The van der Waals surface area contributed by atoms with Gasteiger partial charge in [-0.3, -0.25) is 0 Å². The van der Waals surface area contributed by atoms with Gasteiger partial charge in [0.25, 0.3) is 0 Å². The first kappa shape index (κ1) is 33.6. The first-order chi connectivity index (χ1) is 23.3. The van der Waals surface area contributed by atoms with E-state index in [4.69, 9.17) is 66.5 Å². The van der Waals surface area contributed by atoms with Gasteiger partial charge >= 0.3 is 0 Å². The Labute approximate surface area is 304 Å². The van der Waals surface area contributed by atoms with Crippen LogP contribution in [-0.2, 0) is 10.8 Å². The van der Waals surface area contributed by atoms with Crippen molar-refractivity contribution in [2.45, 2.75) is 31.6 Å². The monoisotopic (exact) mass is 630 g/mol. The molecule has 8 heteroatoms. The van der Waals surface area contributed by atoms with Gasteiger partial charge < -0.3 is 0 Å². The zero-order chi connectivity index (χ0) is 35.0. The Morgan fingerprint density at radius 1 is 0.490 bits per heavy atom. The van der Waals surface area contributed by atoms with Crippen LogP contribution in [0.3, 0.4) is 0 Å². The van der Waals surface area contributed by atoms with Crippen molar-refractivity contribution in [1.29, 1.82) is 0 Å². The standard InChI is InChI=1S/C41H26B7Cl/c1-40(2,3)22-16-14-21(15-17-22)28-29-26-19-18-25(49)20-27(26)41(23-10-6-4-7-11-23,24-12-8-5-9-13-24)32(29)30(34(43)33(28)42)31-35(44)37(46)39(48)38(47)36(31)45/h4-20H,1-3H3. The maximum atomic E-state index is 7.27. The Morgan fingerprint density at radius 2 is 0.959 bits per heavy atom. The molecule has 0 unspecified atom stereocenters. The summed E-state index contributed by atoms with van der Waals surface area (Å²) in [7, 11) is 47.5. The molecule has 0 atom stereocenters. The molecule has 1 aliphatic rings. The molecule has 1 aliphatic carbocycles. The Bertz CT molecular complexity index is 2210. The minimum absolute atomic E-state index is 0.0436. The van der Waals surface area contributed by atoms with Crippen LogP contribution in [0.4, 0.5) is 0 Å². The highest BCUT2D eigenvalue weighted by Crippen LogP contribution is 2.60. The molecule has 0 aromatic heterocycles. The Kier molecular flexibility index (Phi) is 8.31. The summed E-state index contributed by atoms with van der Waals surface area (Å²) in [6.45, 7) is 6.56. The molecule has 0 N–H and O–H groups in total. The van der Waals surface area contributed by atoms with E-state index in [-0.39, 0.29) is 32.7 Å². The first-order valence-corrected chi connectivity index (χ1v) is 16.5. The van der Waals surface area contributed by atoms with E-state index in [1.165, 1.54) is 5.56 Å². The van der Waals surface area contributed by atoms with E-state index in [2.05, 4.69) is 75.4 Å². The van der Waals surface area contributed by atoms with E-state index in [0.717, 1.165) is 44.5 Å². The number of benzene rings is 6. The summed E-state index contributed by atoms with van der Waals surface area (Å²) in [6.07, 6.45) is 0. The van der Waals surface area contributed by atoms with Crippen LogP contribution in [0, 0.1) is 0 Å². The number of halogens is 1. The number of fused-ring (bicyclic) bond motifs is 3. The summed E-state index contributed by atoms with van der Waals surface area (Å²) < 4.78 is 0. The molecular weight excluding hydrogens is 604 g/mol. The van der Waals surface area contributed by atoms with Crippen LogP contribution in [0.5, 0.6) is 0 Å². The molecule has 6 aromatic rings. The zero-order valence-corrected chi connectivity index (χ0v) is 28.5. The Morgan fingerprint density at radius 3 is 1.47 bits per heavy atom. The molecule has 218 valence electrons. The molecule has 6 aromatic carbocycles. The lowest BCUT2D eigenvalue weighted by atomic mass is 9.56. The summed E-state index contributed by atoms with van der Waals surface area (Å²) >= 11 is 6.88. The number of hydrogen-bond acceptors (Lipinski definition) is 0. The third-order valence-electron chi connectivity index (χ3n) is 10.0. The average molecular weight is 630 g/mol. The van der Waals surface area contributed by atoms with E-state index in [9.17, 15) is 0 Å². The van der Waals surface area contributed by atoms with Crippen molar-refractivity contribution in [1.82, 2.24) is 0 Å². The van der Waals surface area contributed by atoms with E-state index >= 15 is 0 Å². The number of hydrogen-bond donors (Lipinski definition) is 0. The summed E-state index contributed by atoms with van der Waals surface area (Å²) in [5, 5.41) is 0.585. The van der Waals surface area contributed by atoms with Gasteiger partial charge in [-0.1, -0.05) is 145 Å². The fourth-order valence-corrected chi connectivity index (χ4v) is 7.74. The van der Waals surface area contributed by atoms with E-state index in [0.29, 0.717) is 27.1 Å². The van der Waals surface area contributed by atoms with Gasteiger partial charge in [0.15, 0.2) is 0 Å². The van der Waals surface area contributed by atoms with E-state index in [1.54, 1.807) is 0 Å². The van der Waals surface area contributed by atoms with Gasteiger partial charge in [-0.05, 0) is 78.7 Å². The second-order valence-corrected chi connectivity index (χ2v) is 14.2. The predicted octanol–water partition coefficient (Wildman–Crippen LogP) is 2.89. The third kappa shape index (κ3) is 4.98. The van der Waals surface area contributed by atoms with Crippen molar-refractivity contribution < 1.29 is 0 Å². The summed E-state index contributed by atoms with van der Waals surface area (Å²) in [4.78, 5) is 0. The lowest BCUT2D eigenvalue weighted by Gasteiger charge is -2.38. The van der Waals surface area contributed by atoms with Gasteiger partial charge in [-0.15, -0.1) is 16.4 Å². The van der Waals surface area contributed by atoms with Crippen molar-refractivity contribution in [2.24, 2.45) is 0 Å². The molecule has 0 spiro atoms. The summed E-state index contributed by atoms with van der Waals surface area (Å²) in [5.74, 6) is 0. The van der Waals surface area contributed by atoms with Crippen molar-refractivity contribution >= 4 is 105 Å². The van der Waals surface area contributed by atoms with Crippen molar-refractivity contribution in [3.63, 3.8) is 0 Å². The molecule has 0 saturated carbocycles. The molecular formula is C41H26B7Cl. The normalized spacial score (nSPS) is 13.2. The molecule has 0 bridgehead atoms. The summed E-state index contributed by atoms with van der Waals surface area (Å²) in [6, 6.07) is 35.0. The van der Waals surface area contributed by atoms with Gasteiger partial charge in [-0.2, -0.15) is 0 Å². The highest BCUT2D eigenvalue weighted by atomic mass is 35.5. The maximum Gasteiger partial charge on any atom is 0.113 e. The molecule has 49 heavy (non-hydrogen) atoms. The lowest BCUT2D eigenvalue weighted by molar-refractivity contribution is 0.590. The second kappa shape index (κ2) is 12.1. The smallest absolute Gasteiger partial charge is 0.112 e. The van der Waals surface area contributed by atoms with Crippen LogP contribution in [0.1, 0.15) is 48.6 Å². The van der Waals surface area contributed by atoms with E-state index in [1.807, 2.05) is 48.5 Å². The van der Waals surface area contributed by atoms with Crippen molar-refractivity contribution in [3.05, 3.63) is 136 Å². The maximum absolute atomic E-state index is 7.27. The van der Waals surface area contributed by atoms with Crippen molar-refractivity contribution in [3.8, 4) is 33.4 Å². The topological polar surface area (TPSA) is 0 Å². The third-order valence-corrected chi connectivity index (χ3v) is 10.2. The van der Waals surface area contributed by atoms with Gasteiger partial charge in [0.1, 0.15) is 54.9 Å². The van der Waals surface area contributed by atoms with Crippen LogP contribution in [0.2, 0.25) is 5.02 Å². The second-order valence-electron chi connectivity index (χ2n) is 13.8. The molecule has 0 heterocycles. The minimum atomic E-state index is -0.959. The minimum Gasteiger partial charge on any atom is -0.112 e. The lowest BCUT2D eigenvalue weighted by Crippen LogP contribution is -2.56. The van der Waals surface area contributed by atoms with Crippen molar-refractivity contribution in [2.75, 3.05) is 0 Å². The quantitative estimate of drug-likeness (QED) is 0.263. The fraction of sp³-hybridized carbons (Fsp3) is 0.122. The molecule has 0 nitrogen and oxygen atoms in total. The van der Waals surface area contributed by atoms with Gasteiger partial charge in [0, 0.05) is 5.02 Å². The molecule has 7 rings (SSSR count). The Hall–Kier alpha value is -3.94. The highest BCUT2D eigenvalue weighted by Gasteiger charge is 2.49. The Balaban J connectivity index is 1.78. The van der Waals surface area contributed by atoms with Crippen LogP contribution < -0.4 is 38.2 Å². The first-order valence-electron chi connectivity index (χ1n) is 16.1. The van der Waals surface area contributed by atoms with Crippen LogP contribution >= 0.6 is 11.6 Å². The zero-order valence-electron chi connectivity index (χ0n) is 27.7. The average Bonchev–Trinajstić information content (AvgIpc) is 3.39. The molecule has 0 fully saturated rings. The van der Waals surface area contributed by atoms with Crippen LogP contribution in [0.15, 0.2) is 103 Å². The fourth-order valence-electron chi connectivity index (χ4n) is 7.57. The molecule has 0 saturated heterocycles. The van der Waals surface area contributed by atoms with Gasteiger partial charge in [-0.25, -0.2) is 0 Å². The SMILES string of the molecule is [B]c1c([B])c([B])c(-c2c([B])c([B])c(-c3ccc(C(C)(C)C)cc3)c3c2C(c2ccccc2)(c2ccccc2)c2cc(Cl)ccc2-3)c([B])c1[B]. The predicted molar refractivity (Wildman–Crippen MR) is 216 cm³/mol. The van der Waals surface area contributed by atoms with Gasteiger partial charge in [0.2, 0.25) is 0 Å². The highest BCUT2D eigenvalue weighted by molar-refractivity contribution is 6.69. The largest absolute Gasteiger partial charge is 0.113 e. The number of rotatable bonds is 4. The van der Waals surface area contributed by atoms with E-state index < -0.39 is 5.41 Å². The molecule has 14 radical (unpaired) electrons. The molecule has 0 aliphatic heterocycles. The van der Waals surface area contributed by atoms with Gasteiger partial charge in [0.05, 0.1) is 5.41 Å².